The fraction of sp³-hybridized carbons (Fsp3) is 0.429. The van der Waals surface area contributed by atoms with E-state index in [0.717, 1.165) is 17.7 Å². The van der Waals surface area contributed by atoms with Crippen molar-refractivity contribution in [3.8, 4) is 5.75 Å². The molecular weight excluding hydrogens is 298 g/mol. The molecule has 2 unspecified atom stereocenters. The Kier molecular flexibility index (Phi) is 6.83. The first kappa shape index (κ1) is 18.5. The van der Waals surface area contributed by atoms with Gasteiger partial charge in [0.1, 0.15) is 5.75 Å². The molecule has 24 heavy (non-hydrogen) atoms. The van der Waals surface area contributed by atoms with Gasteiger partial charge in [-0.2, -0.15) is 0 Å². The molecule has 130 valence electrons. The monoisotopic (exact) mass is 327 g/mol. The van der Waals surface area contributed by atoms with E-state index < -0.39 is 6.10 Å². The quantitative estimate of drug-likeness (QED) is 0.793. The third-order valence-electron chi connectivity index (χ3n) is 4.49. The van der Waals surface area contributed by atoms with Gasteiger partial charge in [0.05, 0.1) is 13.2 Å². The molecule has 0 bridgehead atoms. The van der Waals surface area contributed by atoms with E-state index in [0.29, 0.717) is 18.6 Å². The Hall–Kier alpha value is -1.84. The molecule has 0 aromatic heterocycles. The second kappa shape index (κ2) is 8.86. The molecule has 3 heteroatoms. The Morgan fingerprint density at radius 2 is 1.58 bits per heavy atom. The first-order valence-corrected chi connectivity index (χ1v) is 8.63. The summed E-state index contributed by atoms with van der Waals surface area (Å²) in [6, 6.07) is 18.8. The molecule has 0 aliphatic rings. The van der Waals surface area contributed by atoms with Gasteiger partial charge in [-0.3, -0.25) is 4.90 Å². The van der Waals surface area contributed by atoms with Crippen LogP contribution in [-0.4, -0.2) is 35.7 Å². The predicted octanol–water partition coefficient (Wildman–Crippen LogP) is 4.07. The van der Waals surface area contributed by atoms with Gasteiger partial charge in [0.15, 0.2) is 0 Å². The van der Waals surface area contributed by atoms with Gasteiger partial charge in [-0.25, -0.2) is 0 Å². The first-order valence-electron chi connectivity index (χ1n) is 8.63. The van der Waals surface area contributed by atoms with Crippen LogP contribution in [0.4, 0.5) is 0 Å². The number of ether oxygens (including phenoxy) is 1. The average molecular weight is 327 g/mol. The number of benzene rings is 2. The summed E-state index contributed by atoms with van der Waals surface area (Å²) < 4.78 is 5.22. The van der Waals surface area contributed by atoms with Crippen molar-refractivity contribution in [3.05, 3.63) is 65.7 Å². The van der Waals surface area contributed by atoms with Gasteiger partial charge in [-0.15, -0.1) is 0 Å². The molecular formula is C21H29NO2. The van der Waals surface area contributed by atoms with Crippen molar-refractivity contribution in [2.45, 2.75) is 45.4 Å². The first-order chi connectivity index (χ1) is 11.5. The minimum absolute atomic E-state index is 0.344. The fourth-order valence-corrected chi connectivity index (χ4v) is 3.10. The fourth-order valence-electron chi connectivity index (χ4n) is 3.10. The number of rotatable bonds is 8. The molecule has 2 aromatic carbocycles. The second-order valence-electron chi connectivity index (χ2n) is 6.62. The number of nitrogens with zero attached hydrogens (tertiary/aromatic N) is 1. The zero-order valence-corrected chi connectivity index (χ0v) is 15.1. The number of hydrogen-bond donors (Lipinski definition) is 1. The zero-order chi connectivity index (χ0) is 17.5. The number of hydrogen-bond acceptors (Lipinski definition) is 3. The SMILES string of the molecule is COc1ccc(CC(C)N(CC(O)c2ccccc2)C(C)C)cc1. The largest absolute Gasteiger partial charge is 0.497 e. The lowest BCUT2D eigenvalue weighted by Gasteiger charge is -2.34. The van der Waals surface area contributed by atoms with Crippen LogP contribution in [0.3, 0.4) is 0 Å². The van der Waals surface area contributed by atoms with Crippen LogP contribution < -0.4 is 4.74 Å². The van der Waals surface area contributed by atoms with E-state index in [-0.39, 0.29) is 0 Å². The summed E-state index contributed by atoms with van der Waals surface area (Å²) in [5.74, 6) is 0.881. The van der Waals surface area contributed by atoms with Crippen molar-refractivity contribution in [1.29, 1.82) is 0 Å². The van der Waals surface area contributed by atoms with Crippen molar-refractivity contribution in [2.24, 2.45) is 0 Å². The summed E-state index contributed by atoms with van der Waals surface area (Å²) in [6.45, 7) is 7.23. The van der Waals surface area contributed by atoms with Crippen LogP contribution in [0.25, 0.3) is 0 Å². The van der Waals surface area contributed by atoms with E-state index in [9.17, 15) is 5.11 Å². The second-order valence-corrected chi connectivity index (χ2v) is 6.62. The van der Waals surface area contributed by atoms with Crippen LogP contribution in [-0.2, 0) is 6.42 Å². The Bertz CT molecular complexity index is 595. The van der Waals surface area contributed by atoms with Gasteiger partial charge in [0.2, 0.25) is 0 Å². The maximum absolute atomic E-state index is 10.6. The summed E-state index contributed by atoms with van der Waals surface area (Å²) in [6.07, 6.45) is 0.482. The van der Waals surface area contributed by atoms with Crippen LogP contribution in [0.1, 0.15) is 38.0 Å². The highest BCUT2D eigenvalue weighted by Crippen LogP contribution is 2.20. The summed E-state index contributed by atoms with van der Waals surface area (Å²) >= 11 is 0. The molecule has 0 spiro atoms. The molecule has 2 atom stereocenters. The topological polar surface area (TPSA) is 32.7 Å². The Balaban J connectivity index is 2.02. The molecule has 0 fully saturated rings. The molecule has 3 nitrogen and oxygen atoms in total. The highest BCUT2D eigenvalue weighted by atomic mass is 16.5. The summed E-state index contributed by atoms with van der Waals surface area (Å²) in [5, 5.41) is 10.6. The van der Waals surface area contributed by atoms with Crippen LogP contribution in [0, 0.1) is 0 Å². The lowest BCUT2D eigenvalue weighted by Crippen LogP contribution is -2.42. The van der Waals surface area contributed by atoms with E-state index >= 15 is 0 Å². The molecule has 2 rings (SSSR count). The van der Waals surface area contributed by atoms with Crippen molar-refractivity contribution in [1.82, 2.24) is 4.90 Å². The number of aliphatic hydroxyl groups is 1. The van der Waals surface area contributed by atoms with E-state index in [1.807, 2.05) is 42.5 Å². The molecule has 0 aliphatic heterocycles. The Labute approximate surface area is 145 Å². The molecule has 2 aromatic rings. The number of aliphatic hydroxyl groups excluding tert-OH is 1. The lowest BCUT2D eigenvalue weighted by atomic mass is 10.0. The minimum Gasteiger partial charge on any atom is -0.497 e. The third kappa shape index (κ3) is 5.08. The molecule has 1 N–H and O–H groups in total. The van der Waals surface area contributed by atoms with Gasteiger partial charge in [0.25, 0.3) is 0 Å². The van der Waals surface area contributed by atoms with Crippen molar-refractivity contribution in [2.75, 3.05) is 13.7 Å². The van der Waals surface area contributed by atoms with Gasteiger partial charge in [-0.1, -0.05) is 42.5 Å². The van der Waals surface area contributed by atoms with Crippen LogP contribution in [0.5, 0.6) is 5.75 Å². The standard InChI is InChI=1S/C21H29NO2/c1-16(2)22(15-21(23)19-8-6-5-7-9-19)17(3)14-18-10-12-20(24-4)13-11-18/h5-13,16-17,21,23H,14-15H2,1-4H3. The molecule has 0 heterocycles. The number of methoxy groups -OCH3 is 1. The lowest BCUT2D eigenvalue weighted by molar-refractivity contribution is 0.0704. The predicted molar refractivity (Wildman–Crippen MR) is 99.4 cm³/mol. The Morgan fingerprint density at radius 1 is 0.958 bits per heavy atom. The van der Waals surface area contributed by atoms with Crippen LogP contribution >= 0.6 is 0 Å². The minimum atomic E-state index is -0.466. The van der Waals surface area contributed by atoms with Gasteiger partial charge >= 0.3 is 0 Å². The normalized spacial score (nSPS) is 14.0. The maximum Gasteiger partial charge on any atom is 0.118 e. The van der Waals surface area contributed by atoms with E-state index in [1.165, 1.54) is 5.56 Å². The van der Waals surface area contributed by atoms with E-state index in [2.05, 4.69) is 37.8 Å². The smallest absolute Gasteiger partial charge is 0.118 e. The third-order valence-corrected chi connectivity index (χ3v) is 4.49. The van der Waals surface area contributed by atoms with Crippen molar-refractivity contribution in [3.63, 3.8) is 0 Å². The zero-order valence-electron chi connectivity index (χ0n) is 15.1. The van der Waals surface area contributed by atoms with E-state index in [4.69, 9.17) is 4.74 Å². The molecule has 0 radical (unpaired) electrons. The molecule has 0 saturated heterocycles. The maximum atomic E-state index is 10.6. The summed E-state index contributed by atoms with van der Waals surface area (Å²) in [5.41, 5.74) is 2.25. The van der Waals surface area contributed by atoms with Gasteiger partial charge in [-0.05, 0) is 50.5 Å². The van der Waals surface area contributed by atoms with Gasteiger partial charge in [0, 0.05) is 18.6 Å². The van der Waals surface area contributed by atoms with Crippen LogP contribution in [0.15, 0.2) is 54.6 Å². The average Bonchev–Trinajstić information content (AvgIpc) is 2.60. The molecule has 0 saturated carbocycles. The summed E-state index contributed by atoms with van der Waals surface area (Å²) in [7, 11) is 1.68. The van der Waals surface area contributed by atoms with E-state index in [1.54, 1.807) is 7.11 Å². The Morgan fingerprint density at radius 3 is 2.12 bits per heavy atom. The van der Waals surface area contributed by atoms with Crippen molar-refractivity contribution >= 4 is 0 Å². The molecule has 0 amide bonds. The van der Waals surface area contributed by atoms with Gasteiger partial charge < -0.3 is 9.84 Å². The highest BCUT2D eigenvalue weighted by Gasteiger charge is 2.21. The molecule has 0 aliphatic carbocycles. The summed E-state index contributed by atoms with van der Waals surface area (Å²) in [4.78, 5) is 2.36. The van der Waals surface area contributed by atoms with Crippen molar-refractivity contribution < 1.29 is 9.84 Å². The highest BCUT2D eigenvalue weighted by molar-refractivity contribution is 5.27. The van der Waals surface area contributed by atoms with Crippen LogP contribution in [0.2, 0.25) is 0 Å².